The summed E-state index contributed by atoms with van der Waals surface area (Å²) in [6.45, 7) is -0.324. The summed E-state index contributed by atoms with van der Waals surface area (Å²) in [4.78, 5) is 10.3. The third-order valence-corrected chi connectivity index (χ3v) is 3.04. The van der Waals surface area contributed by atoms with Crippen molar-refractivity contribution in [3.63, 3.8) is 0 Å². The summed E-state index contributed by atoms with van der Waals surface area (Å²) >= 11 is 0. The molecule has 2 unspecified atom stereocenters. The number of allylic oxidation sites excluding steroid dienone is 6. The average Bonchev–Trinajstić information content (AvgIpc) is 2.57. The summed E-state index contributed by atoms with van der Waals surface area (Å²) in [7, 11) is 0. The number of aliphatic carboxylic acids is 1. The smallest absolute Gasteiger partial charge is 0.303 e. The van der Waals surface area contributed by atoms with Gasteiger partial charge in [0.1, 0.15) is 0 Å². The highest BCUT2D eigenvalue weighted by Crippen LogP contribution is 2.02. The van der Waals surface area contributed by atoms with Gasteiger partial charge in [0.25, 0.3) is 0 Å². The number of carboxylic acid groups (broad SMARTS) is 1. The summed E-state index contributed by atoms with van der Waals surface area (Å²) in [6, 6.07) is 0. The van der Waals surface area contributed by atoms with E-state index in [2.05, 4.69) is 0 Å². The molecule has 0 aromatic rings. The molecule has 0 rings (SSSR count). The van der Waals surface area contributed by atoms with Gasteiger partial charge >= 0.3 is 5.97 Å². The minimum Gasteiger partial charge on any atom is -0.481 e. The molecule has 0 fully saturated rings. The van der Waals surface area contributed by atoms with E-state index >= 15 is 0 Å². The van der Waals surface area contributed by atoms with Crippen molar-refractivity contribution in [3.05, 3.63) is 60.8 Å². The summed E-state index contributed by atoms with van der Waals surface area (Å²) in [6.07, 6.45) is 15.6. The lowest BCUT2D eigenvalue weighted by molar-refractivity contribution is -0.137. The Hall–Kier alpha value is -1.99. The monoisotopic (exact) mass is 352 g/mol. The molecule has 0 saturated carbocycles. The lowest BCUT2D eigenvalue weighted by Gasteiger charge is -2.02. The van der Waals surface area contributed by atoms with Crippen LogP contribution in [0.25, 0.3) is 0 Å². The Morgan fingerprint density at radius 2 is 1.36 bits per heavy atom. The van der Waals surface area contributed by atoms with Crippen molar-refractivity contribution in [1.82, 2.24) is 0 Å². The van der Waals surface area contributed by atoms with Gasteiger partial charge in [-0.1, -0.05) is 60.8 Å². The van der Waals surface area contributed by atoms with Gasteiger partial charge in [-0.25, -0.2) is 0 Å². The van der Waals surface area contributed by atoms with Crippen LogP contribution in [0.4, 0.5) is 0 Å². The molecule has 0 aromatic carbocycles. The summed E-state index contributed by atoms with van der Waals surface area (Å²) in [5.41, 5.74) is 0. The topological polar surface area (TPSA) is 118 Å². The number of aliphatic hydroxyl groups is 4. The van der Waals surface area contributed by atoms with Gasteiger partial charge in [0, 0.05) is 6.42 Å². The number of hydrogen-bond donors (Lipinski definition) is 5. The number of carbonyl (C=O) groups is 1. The van der Waals surface area contributed by atoms with Gasteiger partial charge in [-0.05, 0) is 19.3 Å². The molecule has 25 heavy (non-hydrogen) atoms. The van der Waals surface area contributed by atoms with Crippen LogP contribution in [0.3, 0.4) is 0 Å². The van der Waals surface area contributed by atoms with Gasteiger partial charge in [-0.15, -0.1) is 0 Å². The molecule has 0 bridgehead atoms. The van der Waals surface area contributed by atoms with Gasteiger partial charge in [0.2, 0.25) is 0 Å². The molecule has 0 aliphatic rings. The Kier molecular flexibility index (Phi) is 14.3. The SMILES string of the molecule is O=C(O)CCCC(O)\C=C/C=C/C=C/C(O)C/C=C\C=C\[C@@H](O)CO. The third-order valence-electron chi connectivity index (χ3n) is 3.04. The first-order valence-corrected chi connectivity index (χ1v) is 8.17. The minimum absolute atomic E-state index is 0.0492. The zero-order chi connectivity index (χ0) is 18.9. The van der Waals surface area contributed by atoms with E-state index < -0.39 is 24.3 Å². The van der Waals surface area contributed by atoms with Crippen LogP contribution in [-0.4, -0.2) is 56.4 Å². The molecule has 0 amide bonds. The molecular formula is C19H28O6. The van der Waals surface area contributed by atoms with E-state index in [1.807, 2.05) is 0 Å². The molecule has 0 heterocycles. The second-order valence-corrected chi connectivity index (χ2v) is 5.37. The summed E-state index contributed by atoms with van der Waals surface area (Å²) < 4.78 is 0. The molecule has 0 spiro atoms. The molecule has 0 aliphatic carbocycles. The first-order valence-electron chi connectivity index (χ1n) is 8.17. The van der Waals surface area contributed by atoms with Crippen LogP contribution in [0.2, 0.25) is 0 Å². The minimum atomic E-state index is -0.872. The number of carboxylic acids is 1. The normalized spacial score (nSPS) is 16.6. The highest BCUT2D eigenvalue weighted by Gasteiger charge is 2.01. The fraction of sp³-hybridized carbons (Fsp3) is 0.421. The predicted molar refractivity (Wildman–Crippen MR) is 96.9 cm³/mol. The molecule has 140 valence electrons. The van der Waals surface area contributed by atoms with Crippen molar-refractivity contribution in [2.75, 3.05) is 6.61 Å². The van der Waals surface area contributed by atoms with Crippen LogP contribution in [-0.2, 0) is 4.79 Å². The number of hydrogen-bond acceptors (Lipinski definition) is 5. The van der Waals surface area contributed by atoms with Gasteiger partial charge in [0.15, 0.2) is 0 Å². The van der Waals surface area contributed by atoms with E-state index in [1.165, 1.54) is 6.08 Å². The van der Waals surface area contributed by atoms with E-state index in [4.69, 9.17) is 15.3 Å². The van der Waals surface area contributed by atoms with Crippen molar-refractivity contribution in [2.24, 2.45) is 0 Å². The Morgan fingerprint density at radius 3 is 1.96 bits per heavy atom. The van der Waals surface area contributed by atoms with E-state index in [0.29, 0.717) is 19.3 Å². The van der Waals surface area contributed by atoms with E-state index in [9.17, 15) is 15.0 Å². The molecule has 0 aromatic heterocycles. The second-order valence-electron chi connectivity index (χ2n) is 5.37. The van der Waals surface area contributed by atoms with Crippen molar-refractivity contribution < 1.29 is 30.3 Å². The molecular weight excluding hydrogens is 324 g/mol. The molecule has 0 saturated heterocycles. The van der Waals surface area contributed by atoms with Crippen LogP contribution < -0.4 is 0 Å². The summed E-state index contributed by atoms with van der Waals surface area (Å²) in [5, 5.41) is 45.4. The maximum Gasteiger partial charge on any atom is 0.303 e. The van der Waals surface area contributed by atoms with E-state index in [1.54, 1.807) is 54.7 Å². The van der Waals surface area contributed by atoms with E-state index in [0.717, 1.165) is 0 Å². The maximum atomic E-state index is 10.3. The van der Waals surface area contributed by atoms with Gasteiger partial charge in [-0.3, -0.25) is 4.79 Å². The van der Waals surface area contributed by atoms with E-state index in [-0.39, 0.29) is 13.0 Å². The number of aliphatic hydroxyl groups excluding tert-OH is 4. The standard InChI is InChI=1S/C19H28O6/c20-15-18(23)12-7-3-6-11-16(21)9-4-1-2-5-10-17(22)13-8-14-19(24)25/h1-7,9-10,12,16-18,20-23H,8,11,13-15H2,(H,24,25)/b2-1+,6-3-,9-4+,10-5-,12-7+/t16?,17?,18-/m1/s1. The highest BCUT2D eigenvalue weighted by atomic mass is 16.4. The maximum absolute atomic E-state index is 10.3. The van der Waals surface area contributed by atoms with Crippen LogP contribution in [0.1, 0.15) is 25.7 Å². The van der Waals surface area contributed by atoms with Crippen LogP contribution >= 0.6 is 0 Å². The van der Waals surface area contributed by atoms with Crippen LogP contribution in [0, 0.1) is 0 Å². The first kappa shape index (κ1) is 23.0. The highest BCUT2D eigenvalue weighted by molar-refractivity contribution is 5.66. The molecule has 5 N–H and O–H groups in total. The zero-order valence-corrected chi connectivity index (χ0v) is 14.2. The quantitative estimate of drug-likeness (QED) is 0.321. The van der Waals surface area contributed by atoms with Gasteiger partial charge < -0.3 is 25.5 Å². The fourth-order valence-electron chi connectivity index (χ4n) is 1.70. The first-order chi connectivity index (χ1) is 12.0. The largest absolute Gasteiger partial charge is 0.481 e. The predicted octanol–water partition coefficient (Wildman–Crippen LogP) is 1.49. The zero-order valence-electron chi connectivity index (χ0n) is 14.2. The third kappa shape index (κ3) is 16.6. The lowest BCUT2D eigenvalue weighted by atomic mass is 10.1. The molecule has 0 radical (unpaired) electrons. The Bertz CT molecular complexity index is 490. The Balaban J connectivity index is 3.95. The van der Waals surface area contributed by atoms with Gasteiger partial charge in [0.05, 0.1) is 24.9 Å². The molecule has 3 atom stereocenters. The van der Waals surface area contributed by atoms with Crippen molar-refractivity contribution in [3.8, 4) is 0 Å². The second kappa shape index (κ2) is 15.5. The van der Waals surface area contributed by atoms with Gasteiger partial charge in [-0.2, -0.15) is 0 Å². The van der Waals surface area contributed by atoms with Crippen molar-refractivity contribution >= 4 is 5.97 Å². The fourth-order valence-corrected chi connectivity index (χ4v) is 1.70. The number of rotatable bonds is 13. The lowest BCUT2D eigenvalue weighted by Crippen LogP contribution is -2.06. The van der Waals surface area contributed by atoms with Crippen molar-refractivity contribution in [2.45, 2.75) is 44.0 Å². The molecule has 6 heteroatoms. The average molecular weight is 352 g/mol. The van der Waals surface area contributed by atoms with Crippen LogP contribution in [0.15, 0.2) is 60.8 Å². The molecule has 0 aliphatic heterocycles. The Morgan fingerprint density at radius 1 is 0.800 bits per heavy atom. The van der Waals surface area contributed by atoms with Crippen molar-refractivity contribution in [1.29, 1.82) is 0 Å². The van der Waals surface area contributed by atoms with Crippen LogP contribution in [0.5, 0.6) is 0 Å². The Labute approximate surface area is 148 Å². The molecule has 6 nitrogen and oxygen atoms in total. The summed E-state index contributed by atoms with van der Waals surface area (Å²) in [5.74, 6) is -0.867.